The number of benzene rings is 1. The van der Waals surface area contributed by atoms with Crippen molar-refractivity contribution in [1.82, 2.24) is 0 Å². The molecule has 0 saturated carbocycles. The lowest BCUT2D eigenvalue weighted by Crippen LogP contribution is -2.34. The van der Waals surface area contributed by atoms with Crippen LogP contribution in [0.15, 0.2) is 24.3 Å². The number of carbonyl (C=O) groups excluding carboxylic acids is 1. The molecule has 8 heteroatoms. The van der Waals surface area contributed by atoms with Gasteiger partial charge in [-0.15, -0.1) is 0 Å². The number of anilines is 1. The monoisotopic (exact) mass is 383 g/mol. The fraction of sp³-hybridized carbons (Fsp3) is 0.632. The molecule has 0 amide bonds. The van der Waals surface area contributed by atoms with E-state index in [1.54, 1.807) is 0 Å². The summed E-state index contributed by atoms with van der Waals surface area (Å²) in [6.45, 7) is 5.00. The Labute approximate surface area is 160 Å². The minimum Gasteiger partial charge on any atom is -0.489 e. The summed E-state index contributed by atoms with van der Waals surface area (Å²) < 4.78 is 32.7. The minimum absolute atomic E-state index is 0.116. The van der Waals surface area contributed by atoms with E-state index in [0.717, 1.165) is 5.69 Å². The minimum atomic E-state index is -0.321. The SMILES string of the molecule is COC(=O)CN1CCOCCOCCOCCOCCOc2ccccc21. The number of hydrogen-bond acceptors (Lipinski definition) is 8. The molecule has 1 aliphatic heterocycles. The Hall–Kier alpha value is -1.87. The highest BCUT2D eigenvalue weighted by Crippen LogP contribution is 2.28. The molecule has 2 rings (SSSR count). The second-order valence-electron chi connectivity index (χ2n) is 5.76. The van der Waals surface area contributed by atoms with Gasteiger partial charge in [-0.05, 0) is 12.1 Å². The summed E-state index contributed by atoms with van der Waals surface area (Å²) in [6, 6.07) is 7.58. The molecule has 0 spiro atoms. The Kier molecular flexibility index (Phi) is 10.6. The third-order valence-electron chi connectivity index (χ3n) is 3.86. The average Bonchev–Trinajstić information content (AvgIpc) is 2.69. The van der Waals surface area contributed by atoms with Gasteiger partial charge in [0, 0.05) is 6.54 Å². The van der Waals surface area contributed by atoms with E-state index in [4.69, 9.17) is 28.4 Å². The third-order valence-corrected chi connectivity index (χ3v) is 3.86. The quantitative estimate of drug-likeness (QED) is 0.704. The molecule has 1 heterocycles. The zero-order chi connectivity index (χ0) is 19.2. The van der Waals surface area contributed by atoms with E-state index >= 15 is 0 Å². The van der Waals surface area contributed by atoms with E-state index in [9.17, 15) is 4.79 Å². The molecule has 27 heavy (non-hydrogen) atoms. The van der Waals surface area contributed by atoms with Crippen molar-refractivity contribution in [2.75, 3.05) is 84.6 Å². The number of para-hydroxylation sites is 2. The van der Waals surface area contributed by atoms with Crippen molar-refractivity contribution in [2.45, 2.75) is 0 Å². The first-order chi connectivity index (χ1) is 13.3. The van der Waals surface area contributed by atoms with Gasteiger partial charge in [0.15, 0.2) is 0 Å². The number of methoxy groups -OCH3 is 1. The highest BCUT2D eigenvalue weighted by atomic mass is 16.6. The lowest BCUT2D eigenvalue weighted by Gasteiger charge is -2.25. The van der Waals surface area contributed by atoms with Gasteiger partial charge in [-0.25, -0.2) is 0 Å². The molecular weight excluding hydrogens is 354 g/mol. The summed E-state index contributed by atoms with van der Waals surface area (Å²) >= 11 is 0. The largest absolute Gasteiger partial charge is 0.489 e. The van der Waals surface area contributed by atoms with Crippen LogP contribution in [0.2, 0.25) is 0 Å². The molecule has 1 aromatic carbocycles. The van der Waals surface area contributed by atoms with Gasteiger partial charge >= 0.3 is 5.97 Å². The maximum absolute atomic E-state index is 11.8. The highest BCUT2D eigenvalue weighted by molar-refractivity contribution is 5.76. The summed E-state index contributed by atoms with van der Waals surface area (Å²) in [5, 5.41) is 0. The van der Waals surface area contributed by atoms with Gasteiger partial charge in [-0.3, -0.25) is 4.79 Å². The van der Waals surface area contributed by atoms with Crippen LogP contribution in [0, 0.1) is 0 Å². The van der Waals surface area contributed by atoms with Gasteiger partial charge in [0.2, 0.25) is 0 Å². The molecule has 0 saturated heterocycles. The van der Waals surface area contributed by atoms with Crippen LogP contribution in [0.25, 0.3) is 0 Å². The van der Waals surface area contributed by atoms with Crippen molar-refractivity contribution in [3.05, 3.63) is 24.3 Å². The third kappa shape index (κ3) is 8.57. The predicted molar refractivity (Wildman–Crippen MR) is 99.4 cm³/mol. The van der Waals surface area contributed by atoms with Gasteiger partial charge < -0.3 is 33.3 Å². The first-order valence-electron chi connectivity index (χ1n) is 9.16. The maximum Gasteiger partial charge on any atom is 0.325 e. The molecule has 8 nitrogen and oxygen atoms in total. The van der Waals surface area contributed by atoms with Gasteiger partial charge in [0.1, 0.15) is 18.9 Å². The Bertz CT molecular complexity index is 541. The summed E-state index contributed by atoms with van der Waals surface area (Å²) in [5.74, 6) is 0.365. The number of carbonyl (C=O) groups is 1. The average molecular weight is 383 g/mol. The summed E-state index contributed by atoms with van der Waals surface area (Å²) in [5.41, 5.74) is 0.812. The van der Waals surface area contributed by atoms with Crippen molar-refractivity contribution in [1.29, 1.82) is 0 Å². The number of esters is 1. The molecule has 0 bridgehead atoms. The van der Waals surface area contributed by atoms with Gasteiger partial charge in [0.25, 0.3) is 0 Å². The Balaban J connectivity index is 2.02. The summed E-state index contributed by atoms with van der Waals surface area (Å²) in [7, 11) is 1.38. The number of rotatable bonds is 2. The molecule has 152 valence electrons. The predicted octanol–water partition coefficient (Wildman–Crippen LogP) is 1.12. The van der Waals surface area contributed by atoms with E-state index in [1.807, 2.05) is 29.2 Å². The van der Waals surface area contributed by atoms with Crippen molar-refractivity contribution in [3.8, 4) is 5.75 Å². The first kappa shape index (κ1) is 21.4. The zero-order valence-corrected chi connectivity index (χ0v) is 15.9. The number of hydrogen-bond donors (Lipinski definition) is 0. The second-order valence-corrected chi connectivity index (χ2v) is 5.76. The van der Waals surface area contributed by atoms with E-state index < -0.39 is 0 Å². The van der Waals surface area contributed by atoms with Crippen LogP contribution in [0.1, 0.15) is 0 Å². The van der Waals surface area contributed by atoms with Gasteiger partial charge in [-0.1, -0.05) is 12.1 Å². The lowest BCUT2D eigenvalue weighted by atomic mass is 10.2. The van der Waals surface area contributed by atoms with E-state index in [0.29, 0.717) is 71.8 Å². The molecule has 0 fully saturated rings. The van der Waals surface area contributed by atoms with Crippen LogP contribution in [0.5, 0.6) is 5.75 Å². The van der Waals surface area contributed by atoms with Crippen molar-refractivity contribution < 1.29 is 33.2 Å². The van der Waals surface area contributed by atoms with Crippen LogP contribution in [-0.2, 0) is 28.5 Å². The van der Waals surface area contributed by atoms with Crippen molar-refractivity contribution in [3.63, 3.8) is 0 Å². The summed E-state index contributed by atoms with van der Waals surface area (Å²) in [6.07, 6.45) is 0. The Morgan fingerprint density at radius 2 is 1.44 bits per heavy atom. The molecule has 0 aromatic heterocycles. The number of fused-ring (bicyclic) bond motifs is 1. The van der Waals surface area contributed by atoms with E-state index in [-0.39, 0.29) is 12.5 Å². The molecule has 1 aromatic rings. The molecule has 0 unspecified atom stereocenters. The van der Waals surface area contributed by atoms with E-state index in [2.05, 4.69) is 0 Å². The van der Waals surface area contributed by atoms with Crippen molar-refractivity contribution in [2.24, 2.45) is 0 Å². The second kappa shape index (κ2) is 13.3. The molecular formula is C19H29NO7. The molecule has 0 atom stereocenters. The fourth-order valence-corrected chi connectivity index (χ4v) is 2.49. The van der Waals surface area contributed by atoms with Gasteiger partial charge in [0.05, 0.1) is 65.7 Å². The van der Waals surface area contributed by atoms with E-state index in [1.165, 1.54) is 7.11 Å². The van der Waals surface area contributed by atoms with Crippen LogP contribution in [0.4, 0.5) is 5.69 Å². The first-order valence-corrected chi connectivity index (χ1v) is 9.16. The topological polar surface area (TPSA) is 75.7 Å². The number of ether oxygens (including phenoxy) is 6. The number of nitrogens with zero attached hydrogens (tertiary/aromatic N) is 1. The molecule has 0 radical (unpaired) electrons. The Morgan fingerprint density at radius 3 is 2.07 bits per heavy atom. The Morgan fingerprint density at radius 1 is 0.889 bits per heavy atom. The fourth-order valence-electron chi connectivity index (χ4n) is 2.49. The van der Waals surface area contributed by atoms with Crippen LogP contribution >= 0.6 is 0 Å². The standard InChI is InChI=1S/C19H29NO7/c1-22-19(21)16-20-6-7-23-8-9-24-10-11-25-12-13-26-14-15-27-18-5-3-2-4-17(18)20/h2-5H,6-16H2,1H3. The zero-order valence-electron chi connectivity index (χ0n) is 15.9. The molecule has 1 aliphatic rings. The van der Waals surface area contributed by atoms with Crippen LogP contribution < -0.4 is 9.64 Å². The van der Waals surface area contributed by atoms with Crippen molar-refractivity contribution >= 4 is 11.7 Å². The van der Waals surface area contributed by atoms with Crippen LogP contribution in [-0.4, -0.2) is 85.6 Å². The summed E-state index contributed by atoms with van der Waals surface area (Å²) in [4.78, 5) is 13.7. The molecule has 0 N–H and O–H groups in total. The smallest absolute Gasteiger partial charge is 0.325 e. The maximum atomic E-state index is 11.8. The highest BCUT2D eigenvalue weighted by Gasteiger charge is 2.16. The van der Waals surface area contributed by atoms with Crippen LogP contribution in [0.3, 0.4) is 0 Å². The lowest BCUT2D eigenvalue weighted by molar-refractivity contribution is -0.139. The van der Waals surface area contributed by atoms with Gasteiger partial charge in [-0.2, -0.15) is 0 Å². The molecule has 0 aliphatic carbocycles. The normalized spacial score (nSPS) is 18.5.